The highest BCUT2D eigenvalue weighted by atomic mass is 33.1. The molecule has 0 aromatic heterocycles. The van der Waals surface area contributed by atoms with E-state index in [-0.39, 0.29) is 16.5 Å². The van der Waals surface area contributed by atoms with Crippen LogP contribution in [0.1, 0.15) is 19.8 Å². The van der Waals surface area contributed by atoms with Crippen LogP contribution in [0.15, 0.2) is 0 Å². The Morgan fingerprint density at radius 1 is 1.50 bits per heavy atom. The van der Waals surface area contributed by atoms with E-state index in [2.05, 4.69) is 0 Å². The summed E-state index contributed by atoms with van der Waals surface area (Å²) in [5.41, 5.74) is 0. The third-order valence-electron chi connectivity index (χ3n) is 2.71. The SMILES string of the molecule is C[C@@H](CSS(=O)(=O)O)C(=O)N1CCC[C@H]1C(=O)O. The van der Waals surface area contributed by atoms with Crippen molar-refractivity contribution in [3.05, 3.63) is 0 Å². The van der Waals surface area contributed by atoms with Gasteiger partial charge >= 0.3 is 15.1 Å². The van der Waals surface area contributed by atoms with Crippen LogP contribution in [0.2, 0.25) is 0 Å². The maximum Gasteiger partial charge on any atom is 0.326 e. The highest BCUT2D eigenvalue weighted by Crippen LogP contribution is 2.22. The minimum Gasteiger partial charge on any atom is -0.480 e. The molecule has 1 heterocycles. The first-order valence-corrected chi connectivity index (χ1v) is 8.31. The van der Waals surface area contributed by atoms with E-state index in [4.69, 9.17) is 9.66 Å². The number of rotatable bonds is 5. The zero-order valence-electron chi connectivity index (χ0n) is 9.77. The van der Waals surface area contributed by atoms with Crippen LogP contribution in [-0.4, -0.2) is 53.2 Å². The summed E-state index contributed by atoms with van der Waals surface area (Å²) in [5, 5.41) is 8.94. The number of carbonyl (C=O) groups excluding carboxylic acids is 1. The van der Waals surface area contributed by atoms with Crippen LogP contribution in [0.5, 0.6) is 0 Å². The Bertz CT molecular complexity index is 434. The lowest BCUT2D eigenvalue weighted by atomic mass is 10.1. The van der Waals surface area contributed by atoms with Crippen LogP contribution in [0.25, 0.3) is 0 Å². The van der Waals surface area contributed by atoms with Gasteiger partial charge in [-0.1, -0.05) is 6.92 Å². The Kier molecular flexibility index (Phi) is 5.00. The summed E-state index contributed by atoms with van der Waals surface area (Å²) in [6.07, 6.45) is 1.04. The third kappa shape index (κ3) is 4.14. The molecule has 1 aliphatic rings. The third-order valence-corrected chi connectivity index (χ3v) is 4.95. The van der Waals surface area contributed by atoms with E-state index >= 15 is 0 Å². The number of carboxylic acid groups (broad SMARTS) is 1. The van der Waals surface area contributed by atoms with Gasteiger partial charge in [0.1, 0.15) is 6.04 Å². The highest BCUT2D eigenvalue weighted by molar-refractivity contribution is 8.69. The molecule has 1 saturated heterocycles. The molecule has 9 heteroatoms. The average molecular weight is 297 g/mol. The van der Waals surface area contributed by atoms with Gasteiger partial charge < -0.3 is 10.0 Å². The molecule has 1 aliphatic heterocycles. The second-order valence-electron chi connectivity index (χ2n) is 4.14. The van der Waals surface area contributed by atoms with Crippen LogP contribution in [0, 0.1) is 5.92 Å². The smallest absolute Gasteiger partial charge is 0.326 e. The monoisotopic (exact) mass is 297 g/mol. The summed E-state index contributed by atoms with van der Waals surface area (Å²) in [5.74, 6) is -2.19. The van der Waals surface area contributed by atoms with Crippen molar-refractivity contribution in [2.24, 2.45) is 5.92 Å². The van der Waals surface area contributed by atoms with Gasteiger partial charge in [0.15, 0.2) is 0 Å². The van der Waals surface area contributed by atoms with Crippen LogP contribution >= 0.6 is 10.8 Å². The van der Waals surface area contributed by atoms with Gasteiger partial charge in [0.2, 0.25) is 5.91 Å². The van der Waals surface area contributed by atoms with Crippen LogP contribution in [-0.2, 0) is 18.7 Å². The van der Waals surface area contributed by atoms with Crippen molar-refractivity contribution in [1.29, 1.82) is 0 Å². The van der Waals surface area contributed by atoms with Crippen LogP contribution in [0.4, 0.5) is 0 Å². The van der Waals surface area contributed by atoms with Gasteiger partial charge in [0.05, 0.1) is 0 Å². The van der Waals surface area contributed by atoms with Gasteiger partial charge in [0, 0.05) is 18.2 Å². The standard InChI is InChI=1S/C9H15NO6S2/c1-6(5-17-18(14,15)16)8(11)10-4-2-3-7(10)9(12)13/h6-7H,2-5H2,1H3,(H,12,13)(H,14,15,16)/t6-,7-/m0/s1. The molecule has 2 atom stereocenters. The summed E-state index contributed by atoms with van der Waals surface area (Å²) in [6.45, 7) is 1.88. The lowest BCUT2D eigenvalue weighted by Gasteiger charge is -2.24. The lowest BCUT2D eigenvalue weighted by Crippen LogP contribution is -2.43. The van der Waals surface area contributed by atoms with Gasteiger partial charge in [-0.15, -0.1) is 0 Å². The van der Waals surface area contributed by atoms with Crippen molar-refractivity contribution in [3.63, 3.8) is 0 Å². The fraction of sp³-hybridized carbons (Fsp3) is 0.778. The Morgan fingerprint density at radius 3 is 2.61 bits per heavy atom. The minimum atomic E-state index is -4.18. The largest absolute Gasteiger partial charge is 0.480 e. The first-order chi connectivity index (χ1) is 8.22. The molecule has 0 saturated carbocycles. The predicted molar refractivity (Wildman–Crippen MR) is 65.5 cm³/mol. The number of likely N-dealkylation sites (tertiary alicyclic amines) is 1. The average Bonchev–Trinajstić information content (AvgIpc) is 2.72. The first kappa shape index (κ1) is 15.3. The van der Waals surface area contributed by atoms with Gasteiger partial charge in [-0.2, -0.15) is 8.42 Å². The second kappa shape index (κ2) is 5.89. The Morgan fingerprint density at radius 2 is 2.11 bits per heavy atom. The number of nitrogens with zero attached hydrogens (tertiary/aromatic N) is 1. The molecule has 7 nitrogen and oxygen atoms in total. The van der Waals surface area contributed by atoms with Gasteiger partial charge in [-0.25, -0.2) is 4.79 Å². The Balaban J connectivity index is 2.60. The molecule has 0 aromatic carbocycles. The number of carboxylic acids is 1. The molecular formula is C9H15NO6S2. The second-order valence-corrected chi connectivity index (χ2v) is 7.54. The predicted octanol–water partition coefficient (Wildman–Crippen LogP) is 0.234. The van der Waals surface area contributed by atoms with E-state index in [0.29, 0.717) is 19.4 Å². The van der Waals surface area contributed by atoms with Gasteiger partial charge in [-0.3, -0.25) is 9.35 Å². The van der Waals surface area contributed by atoms with Crippen molar-refractivity contribution in [3.8, 4) is 0 Å². The van der Waals surface area contributed by atoms with Crippen molar-refractivity contribution in [2.75, 3.05) is 12.3 Å². The number of amides is 1. The molecule has 18 heavy (non-hydrogen) atoms. The molecule has 1 rings (SSSR count). The molecule has 0 unspecified atom stereocenters. The Hall–Kier alpha value is -0.800. The fourth-order valence-corrected chi connectivity index (χ4v) is 3.48. The number of aliphatic carboxylic acids is 1. The van der Waals surface area contributed by atoms with E-state index in [0.717, 1.165) is 0 Å². The molecule has 1 amide bonds. The van der Waals surface area contributed by atoms with Crippen LogP contribution < -0.4 is 0 Å². The summed E-state index contributed by atoms with van der Waals surface area (Å²) in [4.78, 5) is 24.1. The Labute approximate surface area is 109 Å². The van der Waals surface area contributed by atoms with Crippen molar-refractivity contribution >= 4 is 31.8 Å². The highest BCUT2D eigenvalue weighted by Gasteiger charge is 2.35. The van der Waals surface area contributed by atoms with Crippen LogP contribution in [0.3, 0.4) is 0 Å². The summed E-state index contributed by atoms with van der Waals surface area (Å²) < 4.78 is 29.7. The molecular weight excluding hydrogens is 282 g/mol. The molecule has 1 fully saturated rings. The number of hydrogen-bond acceptors (Lipinski definition) is 5. The number of carbonyl (C=O) groups is 2. The molecule has 0 radical (unpaired) electrons. The topological polar surface area (TPSA) is 112 Å². The minimum absolute atomic E-state index is 0.0967. The van der Waals surface area contributed by atoms with E-state index in [1.165, 1.54) is 11.8 Å². The summed E-state index contributed by atoms with van der Waals surface area (Å²) in [6, 6.07) is -0.823. The van der Waals surface area contributed by atoms with Gasteiger partial charge in [-0.05, 0) is 23.6 Å². The van der Waals surface area contributed by atoms with Crippen molar-refractivity contribution < 1.29 is 27.7 Å². The van der Waals surface area contributed by atoms with Crippen molar-refractivity contribution in [2.45, 2.75) is 25.8 Å². The number of hydrogen-bond donors (Lipinski definition) is 2. The zero-order chi connectivity index (χ0) is 13.9. The van der Waals surface area contributed by atoms with Gasteiger partial charge in [0.25, 0.3) is 0 Å². The first-order valence-electron chi connectivity index (χ1n) is 5.37. The maximum absolute atomic E-state index is 11.9. The van der Waals surface area contributed by atoms with Crippen molar-refractivity contribution in [1.82, 2.24) is 4.90 Å². The molecule has 0 aromatic rings. The summed E-state index contributed by atoms with van der Waals surface area (Å²) in [7, 11) is -3.91. The van der Waals surface area contributed by atoms with E-state index in [1.807, 2.05) is 0 Å². The fourth-order valence-electron chi connectivity index (χ4n) is 1.83. The quantitative estimate of drug-likeness (QED) is 0.552. The normalized spacial score (nSPS) is 21.9. The lowest BCUT2D eigenvalue weighted by molar-refractivity contribution is -0.149. The molecule has 2 N–H and O–H groups in total. The molecule has 104 valence electrons. The molecule has 0 aliphatic carbocycles. The van der Waals surface area contributed by atoms with E-state index < -0.39 is 33.0 Å². The maximum atomic E-state index is 11.9. The van der Waals surface area contributed by atoms with E-state index in [1.54, 1.807) is 0 Å². The van der Waals surface area contributed by atoms with E-state index in [9.17, 15) is 18.0 Å². The molecule has 0 bridgehead atoms. The molecule has 0 spiro atoms. The zero-order valence-corrected chi connectivity index (χ0v) is 11.4. The summed E-state index contributed by atoms with van der Waals surface area (Å²) >= 11 is 0.